The fourth-order valence-electron chi connectivity index (χ4n) is 1.66. The van der Waals surface area contributed by atoms with Crippen molar-refractivity contribution in [2.75, 3.05) is 18.8 Å². The summed E-state index contributed by atoms with van der Waals surface area (Å²) in [6.07, 6.45) is 1.14. The molecule has 0 saturated carbocycles. The zero-order valence-electron chi connectivity index (χ0n) is 7.94. The van der Waals surface area contributed by atoms with Crippen LogP contribution in [-0.2, 0) is 4.79 Å². The summed E-state index contributed by atoms with van der Waals surface area (Å²) in [4.78, 5) is 13.2. The molecule has 1 saturated heterocycles. The second kappa shape index (κ2) is 4.86. The van der Waals surface area contributed by atoms with Crippen molar-refractivity contribution in [3.05, 3.63) is 0 Å². The molecule has 0 aromatic heterocycles. The first-order valence-corrected chi connectivity index (χ1v) is 5.35. The molecular weight excluding hydrogens is 186 g/mol. The highest BCUT2D eigenvalue weighted by Crippen LogP contribution is 2.20. The molecule has 1 aliphatic rings. The largest absolute Gasteiger partial charge is 0.393 e. The third kappa shape index (κ3) is 2.88. The average molecular weight is 203 g/mol. The summed E-state index contributed by atoms with van der Waals surface area (Å²) in [7, 11) is 0. The maximum absolute atomic E-state index is 11.4. The molecule has 0 aromatic rings. The number of hydrogen-bond acceptors (Lipinski definition) is 3. The van der Waals surface area contributed by atoms with Crippen LogP contribution in [0.3, 0.4) is 0 Å². The van der Waals surface area contributed by atoms with Crippen LogP contribution < -0.4 is 0 Å². The first-order chi connectivity index (χ1) is 6.15. The Morgan fingerprint density at radius 3 is 2.92 bits per heavy atom. The molecule has 1 fully saturated rings. The normalized spacial score (nSPS) is 24.8. The van der Waals surface area contributed by atoms with Crippen LogP contribution in [0.5, 0.6) is 0 Å². The van der Waals surface area contributed by atoms with Gasteiger partial charge in [0, 0.05) is 25.4 Å². The monoisotopic (exact) mass is 203 g/mol. The molecule has 3 nitrogen and oxygen atoms in total. The van der Waals surface area contributed by atoms with Crippen molar-refractivity contribution >= 4 is 18.5 Å². The number of likely N-dealkylation sites (tertiary alicyclic amines) is 1. The zero-order chi connectivity index (χ0) is 9.84. The van der Waals surface area contributed by atoms with E-state index in [1.54, 1.807) is 6.92 Å². The fraction of sp³-hybridized carbons (Fsp3) is 0.889. The van der Waals surface area contributed by atoms with Crippen LogP contribution in [0.25, 0.3) is 0 Å². The molecule has 0 bridgehead atoms. The molecule has 1 heterocycles. The van der Waals surface area contributed by atoms with Gasteiger partial charge in [0.2, 0.25) is 5.91 Å². The number of aliphatic hydroxyl groups excluding tert-OH is 1. The Labute approximate surface area is 84.5 Å². The first-order valence-electron chi connectivity index (χ1n) is 4.72. The number of hydrogen-bond donors (Lipinski definition) is 2. The van der Waals surface area contributed by atoms with Crippen molar-refractivity contribution in [2.45, 2.75) is 25.9 Å². The molecule has 1 aliphatic heterocycles. The Hall–Kier alpha value is -0.220. The fourth-order valence-corrected chi connectivity index (χ4v) is 1.85. The number of amides is 1. The molecule has 4 heteroatoms. The maximum atomic E-state index is 11.4. The van der Waals surface area contributed by atoms with Gasteiger partial charge in [0.15, 0.2) is 0 Å². The van der Waals surface area contributed by atoms with Gasteiger partial charge in [-0.25, -0.2) is 0 Å². The minimum atomic E-state index is -0.297. The number of carbonyl (C=O) groups excluding carboxylic acids is 1. The lowest BCUT2D eigenvalue weighted by Gasteiger charge is -2.17. The molecule has 1 rings (SSSR count). The van der Waals surface area contributed by atoms with Gasteiger partial charge < -0.3 is 10.0 Å². The Morgan fingerprint density at radius 1 is 1.77 bits per heavy atom. The second-order valence-corrected chi connectivity index (χ2v) is 4.05. The van der Waals surface area contributed by atoms with Crippen LogP contribution in [-0.4, -0.2) is 40.9 Å². The Bertz CT molecular complexity index is 184. The number of thiol groups is 1. The summed E-state index contributed by atoms with van der Waals surface area (Å²) in [6.45, 7) is 3.30. The highest BCUT2D eigenvalue weighted by Gasteiger charge is 2.28. The lowest BCUT2D eigenvalue weighted by Crippen LogP contribution is -2.30. The third-order valence-corrected chi connectivity index (χ3v) is 2.81. The Balaban J connectivity index is 2.36. The highest BCUT2D eigenvalue weighted by molar-refractivity contribution is 7.80. The van der Waals surface area contributed by atoms with Crippen molar-refractivity contribution in [2.24, 2.45) is 5.92 Å². The van der Waals surface area contributed by atoms with Crippen molar-refractivity contribution < 1.29 is 9.90 Å². The number of rotatable bonds is 3. The van der Waals surface area contributed by atoms with Crippen LogP contribution in [0.1, 0.15) is 19.8 Å². The van der Waals surface area contributed by atoms with E-state index in [9.17, 15) is 9.90 Å². The second-order valence-electron chi connectivity index (χ2n) is 3.60. The van der Waals surface area contributed by atoms with E-state index in [0.29, 0.717) is 18.7 Å². The molecule has 2 atom stereocenters. The number of nitrogens with zero attached hydrogens (tertiary/aromatic N) is 1. The van der Waals surface area contributed by atoms with Gasteiger partial charge in [-0.1, -0.05) is 0 Å². The molecule has 2 unspecified atom stereocenters. The Morgan fingerprint density at radius 2 is 2.46 bits per heavy atom. The van der Waals surface area contributed by atoms with E-state index < -0.39 is 0 Å². The van der Waals surface area contributed by atoms with E-state index in [0.717, 1.165) is 13.0 Å². The molecular formula is C9H17NO2S. The lowest BCUT2D eigenvalue weighted by molar-refractivity contribution is -0.129. The first kappa shape index (κ1) is 10.9. The van der Waals surface area contributed by atoms with E-state index in [1.165, 1.54) is 0 Å². The smallest absolute Gasteiger partial charge is 0.223 e. The van der Waals surface area contributed by atoms with E-state index >= 15 is 0 Å². The summed E-state index contributed by atoms with van der Waals surface area (Å²) < 4.78 is 0. The van der Waals surface area contributed by atoms with Crippen LogP contribution in [0.2, 0.25) is 0 Å². The molecule has 0 spiro atoms. The molecule has 76 valence electrons. The standard InChI is InChI=1S/C9H17NO2S/c1-7(11)8-2-4-10(6-8)9(12)3-5-13/h7-8,11,13H,2-6H2,1H3. The third-order valence-electron chi connectivity index (χ3n) is 2.59. The predicted octanol–water partition coefficient (Wildman–Crippen LogP) is 0.536. The summed E-state index contributed by atoms with van der Waals surface area (Å²) in [5.41, 5.74) is 0. The van der Waals surface area contributed by atoms with Crippen molar-refractivity contribution in [3.63, 3.8) is 0 Å². The lowest BCUT2D eigenvalue weighted by atomic mass is 10.0. The number of carbonyl (C=O) groups is 1. The van der Waals surface area contributed by atoms with Crippen LogP contribution in [0.15, 0.2) is 0 Å². The molecule has 13 heavy (non-hydrogen) atoms. The van der Waals surface area contributed by atoms with Crippen molar-refractivity contribution in [1.82, 2.24) is 4.90 Å². The van der Waals surface area contributed by atoms with Crippen molar-refractivity contribution in [3.8, 4) is 0 Å². The number of aliphatic hydroxyl groups is 1. The minimum Gasteiger partial charge on any atom is -0.393 e. The average Bonchev–Trinajstić information content (AvgIpc) is 2.52. The van der Waals surface area contributed by atoms with Gasteiger partial charge >= 0.3 is 0 Å². The van der Waals surface area contributed by atoms with E-state index in [2.05, 4.69) is 12.6 Å². The molecule has 0 aromatic carbocycles. The van der Waals surface area contributed by atoms with Gasteiger partial charge in [-0.3, -0.25) is 4.79 Å². The van der Waals surface area contributed by atoms with Gasteiger partial charge in [0.1, 0.15) is 0 Å². The van der Waals surface area contributed by atoms with E-state index in [4.69, 9.17) is 0 Å². The topological polar surface area (TPSA) is 40.5 Å². The van der Waals surface area contributed by atoms with Crippen LogP contribution in [0.4, 0.5) is 0 Å². The van der Waals surface area contributed by atoms with Gasteiger partial charge in [-0.05, 0) is 19.1 Å². The SMILES string of the molecule is CC(O)C1CCN(C(=O)CCS)C1. The molecule has 1 N–H and O–H groups in total. The summed E-state index contributed by atoms with van der Waals surface area (Å²) in [5, 5.41) is 9.33. The van der Waals surface area contributed by atoms with Gasteiger partial charge in [-0.2, -0.15) is 12.6 Å². The van der Waals surface area contributed by atoms with Gasteiger partial charge in [-0.15, -0.1) is 0 Å². The molecule has 0 radical (unpaired) electrons. The summed E-state index contributed by atoms with van der Waals surface area (Å²) in [5.74, 6) is 1.04. The van der Waals surface area contributed by atoms with Gasteiger partial charge in [0.05, 0.1) is 6.10 Å². The zero-order valence-corrected chi connectivity index (χ0v) is 8.83. The maximum Gasteiger partial charge on any atom is 0.223 e. The summed E-state index contributed by atoms with van der Waals surface area (Å²) >= 11 is 4.02. The van der Waals surface area contributed by atoms with E-state index in [1.807, 2.05) is 4.90 Å². The summed E-state index contributed by atoms with van der Waals surface area (Å²) in [6, 6.07) is 0. The predicted molar refractivity (Wildman–Crippen MR) is 54.8 cm³/mol. The van der Waals surface area contributed by atoms with Gasteiger partial charge in [0.25, 0.3) is 0 Å². The van der Waals surface area contributed by atoms with Crippen LogP contribution in [0, 0.1) is 5.92 Å². The van der Waals surface area contributed by atoms with E-state index in [-0.39, 0.29) is 17.9 Å². The van der Waals surface area contributed by atoms with Crippen LogP contribution >= 0.6 is 12.6 Å². The quantitative estimate of drug-likeness (QED) is 0.657. The van der Waals surface area contributed by atoms with Crippen molar-refractivity contribution in [1.29, 1.82) is 0 Å². The molecule has 0 aliphatic carbocycles. The highest BCUT2D eigenvalue weighted by atomic mass is 32.1. The molecule has 1 amide bonds. The Kier molecular flexibility index (Phi) is 4.06. The minimum absolute atomic E-state index is 0.165.